The summed E-state index contributed by atoms with van der Waals surface area (Å²) >= 11 is 6.07. The average molecular weight is 423 g/mol. The maximum absolute atomic E-state index is 14.0. The summed E-state index contributed by atoms with van der Waals surface area (Å²) in [6.45, 7) is 0. The molecule has 0 bridgehead atoms. The van der Waals surface area contributed by atoms with Crippen LogP contribution in [0.5, 0.6) is 11.5 Å². The molecular formula is C21H14ClF3O4. The zero-order chi connectivity index (χ0) is 21.1. The summed E-state index contributed by atoms with van der Waals surface area (Å²) in [5.74, 6) is 4.76. The fourth-order valence-electron chi connectivity index (χ4n) is 2.75. The van der Waals surface area contributed by atoms with Crippen LogP contribution in [0.1, 0.15) is 16.7 Å². The van der Waals surface area contributed by atoms with E-state index in [-0.39, 0.29) is 21.9 Å². The number of hydrogen-bond acceptors (Lipinski definition) is 3. The maximum Gasteiger partial charge on any atom is 0.335 e. The predicted molar refractivity (Wildman–Crippen MR) is 101 cm³/mol. The monoisotopic (exact) mass is 422 g/mol. The Labute approximate surface area is 169 Å². The molecule has 0 amide bonds. The van der Waals surface area contributed by atoms with Gasteiger partial charge in [-0.3, -0.25) is 0 Å². The number of ether oxygens (including phenoxy) is 2. The van der Waals surface area contributed by atoms with Gasteiger partial charge in [-0.05, 0) is 42.5 Å². The van der Waals surface area contributed by atoms with Crippen LogP contribution in [-0.4, -0.2) is 36.9 Å². The van der Waals surface area contributed by atoms with E-state index in [0.717, 1.165) is 6.08 Å². The van der Waals surface area contributed by atoms with Gasteiger partial charge in [0, 0.05) is 16.1 Å². The van der Waals surface area contributed by atoms with Gasteiger partial charge >= 0.3 is 5.97 Å². The second kappa shape index (κ2) is 8.50. The molecule has 150 valence electrons. The Balaban J connectivity index is 2.05. The number of benzene rings is 2. The number of rotatable bonds is 4. The van der Waals surface area contributed by atoms with E-state index in [1.54, 1.807) is 24.3 Å². The molecule has 4 nitrogen and oxygen atoms in total. The first-order valence-electron chi connectivity index (χ1n) is 8.33. The molecule has 3 rings (SSSR count). The molecule has 8 heteroatoms. The molecule has 2 aromatic carbocycles. The minimum absolute atomic E-state index is 0.00582. The van der Waals surface area contributed by atoms with E-state index in [0.29, 0.717) is 11.3 Å². The van der Waals surface area contributed by atoms with Crippen LogP contribution in [0.25, 0.3) is 6.08 Å². The van der Waals surface area contributed by atoms with E-state index >= 15 is 0 Å². The van der Waals surface area contributed by atoms with Gasteiger partial charge in [-0.25, -0.2) is 18.0 Å². The van der Waals surface area contributed by atoms with E-state index in [2.05, 4.69) is 11.8 Å². The lowest BCUT2D eigenvalue weighted by molar-refractivity contribution is -0.134. The maximum atomic E-state index is 14.0. The fraction of sp³-hybridized carbons (Fsp3) is 0.190. The Kier molecular flexibility index (Phi) is 6.04. The molecule has 0 spiro atoms. The molecule has 1 heterocycles. The van der Waals surface area contributed by atoms with E-state index < -0.39 is 30.2 Å². The summed E-state index contributed by atoms with van der Waals surface area (Å²) < 4.78 is 50.2. The van der Waals surface area contributed by atoms with Crippen molar-refractivity contribution >= 4 is 23.6 Å². The molecule has 2 atom stereocenters. The Bertz CT molecular complexity index is 1020. The lowest BCUT2D eigenvalue weighted by Gasteiger charge is -2.28. The number of methoxy groups -OCH3 is 1. The molecular weight excluding hydrogens is 409 g/mol. The summed E-state index contributed by atoms with van der Waals surface area (Å²) in [6, 6.07) is 9.67. The third-order valence-electron chi connectivity index (χ3n) is 4.15. The average Bonchev–Trinajstić information content (AvgIpc) is 2.70. The van der Waals surface area contributed by atoms with Gasteiger partial charge in [0.1, 0.15) is 11.5 Å². The Morgan fingerprint density at radius 1 is 1.21 bits per heavy atom. The van der Waals surface area contributed by atoms with E-state index in [4.69, 9.17) is 21.1 Å². The van der Waals surface area contributed by atoms with Crippen LogP contribution in [0.15, 0.2) is 42.0 Å². The molecule has 0 saturated carbocycles. The quantitative estimate of drug-likeness (QED) is 0.733. The topological polar surface area (TPSA) is 55.8 Å². The molecule has 0 fully saturated rings. The lowest BCUT2D eigenvalue weighted by atomic mass is 9.96. The van der Waals surface area contributed by atoms with Crippen LogP contribution in [-0.2, 0) is 4.79 Å². The van der Waals surface area contributed by atoms with Crippen molar-refractivity contribution in [2.45, 2.75) is 18.7 Å². The first-order chi connectivity index (χ1) is 13.8. The van der Waals surface area contributed by atoms with Gasteiger partial charge in [0.25, 0.3) is 6.43 Å². The van der Waals surface area contributed by atoms with Crippen LogP contribution in [0, 0.1) is 11.8 Å². The number of hydrogen-bond donors (Lipinski definition) is 1. The third kappa shape index (κ3) is 4.49. The third-order valence-corrected chi connectivity index (χ3v) is 4.37. The minimum Gasteiger partial charge on any atom is -0.497 e. The normalized spacial score (nSPS) is 16.1. The van der Waals surface area contributed by atoms with Gasteiger partial charge in [-0.1, -0.05) is 23.4 Å². The van der Waals surface area contributed by atoms with Crippen molar-refractivity contribution in [2.75, 3.05) is 7.11 Å². The van der Waals surface area contributed by atoms with Crippen molar-refractivity contribution in [1.82, 2.24) is 0 Å². The highest BCUT2D eigenvalue weighted by atomic mass is 35.5. The van der Waals surface area contributed by atoms with Crippen LogP contribution in [0.4, 0.5) is 13.2 Å². The molecule has 0 aliphatic carbocycles. The molecule has 0 saturated heterocycles. The number of halogens is 4. The second-order valence-electron chi connectivity index (χ2n) is 6.07. The Morgan fingerprint density at radius 3 is 2.48 bits per heavy atom. The van der Waals surface area contributed by atoms with Crippen molar-refractivity contribution in [3.05, 3.63) is 63.7 Å². The van der Waals surface area contributed by atoms with Crippen molar-refractivity contribution in [3.63, 3.8) is 0 Å². The second-order valence-corrected chi connectivity index (χ2v) is 6.51. The largest absolute Gasteiger partial charge is 0.497 e. The predicted octanol–water partition coefficient (Wildman–Crippen LogP) is 4.58. The van der Waals surface area contributed by atoms with Gasteiger partial charge in [-0.15, -0.1) is 0 Å². The van der Waals surface area contributed by atoms with Gasteiger partial charge in [-0.2, -0.15) is 0 Å². The highest BCUT2D eigenvalue weighted by molar-refractivity contribution is 6.31. The highest BCUT2D eigenvalue weighted by Crippen LogP contribution is 2.37. The van der Waals surface area contributed by atoms with Crippen molar-refractivity contribution in [2.24, 2.45) is 0 Å². The lowest BCUT2D eigenvalue weighted by Crippen LogP contribution is -2.39. The Hall–Kier alpha value is -3.11. The van der Waals surface area contributed by atoms with Gasteiger partial charge in [0.15, 0.2) is 6.10 Å². The van der Waals surface area contributed by atoms with Crippen molar-refractivity contribution in [3.8, 4) is 23.3 Å². The summed E-state index contributed by atoms with van der Waals surface area (Å²) in [5, 5.41) is 9.50. The van der Waals surface area contributed by atoms with Crippen LogP contribution < -0.4 is 9.47 Å². The van der Waals surface area contributed by atoms with Crippen molar-refractivity contribution in [1.29, 1.82) is 0 Å². The molecule has 0 radical (unpaired) electrons. The number of alkyl halides is 3. The first kappa shape index (κ1) is 20.6. The molecule has 1 aliphatic heterocycles. The molecule has 29 heavy (non-hydrogen) atoms. The zero-order valence-electron chi connectivity index (χ0n) is 15.0. The number of carboxylic acid groups (broad SMARTS) is 1. The van der Waals surface area contributed by atoms with E-state index in [9.17, 15) is 23.1 Å². The van der Waals surface area contributed by atoms with E-state index in [1.165, 1.54) is 19.2 Å². The molecule has 0 aromatic heterocycles. The number of carboxylic acids is 1. The number of aliphatic carboxylic acids is 1. The fourth-order valence-corrected chi connectivity index (χ4v) is 2.98. The smallest absolute Gasteiger partial charge is 0.335 e. The van der Waals surface area contributed by atoms with Gasteiger partial charge < -0.3 is 14.6 Å². The van der Waals surface area contributed by atoms with Crippen LogP contribution >= 0.6 is 11.6 Å². The van der Waals surface area contributed by atoms with Crippen molar-refractivity contribution < 1.29 is 32.5 Å². The summed E-state index contributed by atoms with van der Waals surface area (Å²) in [5.41, 5.74) is 0.438. The molecule has 2 aromatic rings. The molecule has 2 unspecified atom stereocenters. The number of fused-ring (bicyclic) bond motifs is 1. The molecule has 1 aliphatic rings. The minimum atomic E-state index is -3.41. The SMILES string of the molecule is COc1ccc(C#Cc2cc(Cl)cc3c2OC(C(F)C(F)F)C(C(=O)O)=C3)cc1. The number of carbonyl (C=O) groups is 1. The van der Waals surface area contributed by atoms with E-state index in [1.807, 2.05) is 0 Å². The van der Waals surface area contributed by atoms with Gasteiger partial charge in [0.2, 0.25) is 6.17 Å². The standard InChI is InChI=1S/C21H14ClF3O4/c1-28-15-6-3-11(4-7-15)2-5-12-8-14(22)9-13-10-16(21(26)27)19(29-18(12)13)17(23)20(24)25/h3-4,6-10,17,19-20H,1H3,(H,26,27). The highest BCUT2D eigenvalue weighted by Gasteiger charge is 2.40. The van der Waals surface area contributed by atoms with Crippen LogP contribution in [0.3, 0.4) is 0 Å². The zero-order valence-corrected chi connectivity index (χ0v) is 15.7. The summed E-state index contributed by atoms with van der Waals surface area (Å²) in [4.78, 5) is 11.4. The van der Waals surface area contributed by atoms with Crippen LogP contribution in [0.2, 0.25) is 5.02 Å². The first-order valence-corrected chi connectivity index (χ1v) is 8.71. The molecule has 1 N–H and O–H groups in total. The Morgan fingerprint density at radius 2 is 1.90 bits per heavy atom. The summed E-state index contributed by atoms with van der Waals surface area (Å²) in [7, 11) is 1.53. The van der Waals surface area contributed by atoms with Gasteiger partial charge in [0.05, 0.1) is 18.2 Å². The summed E-state index contributed by atoms with van der Waals surface area (Å²) in [6.07, 6.45) is -7.12.